The van der Waals surface area contributed by atoms with E-state index in [1.807, 2.05) is 75.4 Å². The molecular formula is C28H28N2O4. The van der Waals surface area contributed by atoms with Crippen LogP contribution in [-0.2, 0) is 9.59 Å². The van der Waals surface area contributed by atoms with Gasteiger partial charge in [-0.3, -0.25) is 14.5 Å². The molecule has 3 aromatic carbocycles. The number of aryl methyl sites for hydroxylation is 3. The summed E-state index contributed by atoms with van der Waals surface area (Å²) in [7, 11) is 1.58. The van der Waals surface area contributed by atoms with E-state index in [0.29, 0.717) is 22.6 Å². The number of hydrogen-bond acceptors (Lipinski definition) is 5. The number of carbonyl (C=O) groups excluding carboxylic acids is 2. The molecule has 1 heterocycles. The Kier molecular flexibility index (Phi) is 6.68. The van der Waals surface area contributed by atoms with E-state index in [9.17, 15) is 9.59 Å². The molecule has 0 saturated carbocycles. The number of ether oxygens (including phenoxy) is 2. The predicted molar refractivity (Wildman–Crippen MR) is 133 cm³/mol. The molecule has 174 valence electrons. The highest BCUT2D eigenvalue weighted by Crippen LogP contribution is 2.31. The summed E-state index contributed by atoms with van der Waals surface area (Å²) in [4.78, 5) is 28.0. The minimum Gasteiger partial charge on any atom is -0.497 e. The van der Waals surface area contributed by atoms with Crippen LogP contribution in [0.5, 0.6) is 11.5 Å². The number of amides is 2. The average Bonchev–Trinajstić information content (AvgIpc) is 3.03. The fourth-order valence-electron chi connectivity index (χ4n) is 4.00. The minimum atomic E-state index is -0.382. The number of benzene rings is 3. The van der Waals surface area contributed by atoms with Gasteiger partial charge < -0.3 is 14.8 Å². The second-order valence-electron chi connectivity index (χ2n) is 8.41. The fraction of sp³-hybridized carbons (Fsp3) is 0.214. The lowest BCUT2D eigenvalue weighted by atomic mass is 10.0. The lowest BCUT2D eigenvalue weighted by Gasteiger charge is -2.16. The van der Waals surface area contributed by atoms with Crippen LogP contribution in [0, 0.1) is 20.8 Å². The molecule has 4 rings (SSSR count). The molecule has 0 saturated heterocycles. The van der Waals surface area contributed by atoms with Crippen molar-refractivity contribution in [3.8, 4) is 11.5 Å². The quantitative estimate of drug-likeness (QED) is 0.489. The first-order chi connectivity index (χ1) is 16.4. The average molecular weight is 457 g/mol. The first kappa shape index (κ1) is 23.1. The van der Waals surface area contributed by atoms with Crippen LogP contribution < -0.4 is 14.8 Å². The molecule has 1 aliphatic rings. The van der Waals surface area contributed by atoms with Crippen LogP contribution in [0.3, 0.4) is 0 Å². The molecule has 34 heavy (non-hydrogen) atoms. The second-order valence-corrected chi connectivity index (χ2v) is 8.41. The highest BCUT2D eigenvalue weighted by Gasteiger charge is 2.39. The molecule has 3 aromatic rings. The summed E-state index contributed by atoms with van der Waals surface area (Å²) in [5.41, 5.74) is 5.20. The van der Waals surface area contributed by atoms with Gasteiger partial charge in [-0.25, -0.2) is 0 Å². The number of nitrogens with one attached hydrogen (secondary N) is 1. The molecular weight excluding hydrogens is 428 g/mol. The van der Waals surface area contributed by atoms with Crippen LogP contribution in [-0.4, -0.2) is 37.0 Å². The van der Waals surface area contributed by atoms with Crippen molar-refractivity contribution >= 4 is 23.1 Å². The summed E-state index contributed by atoms with van der Waals surface area (Å²) in [6.07, 6.45) is 0. The highest BCUT2D eigenvalue weighted by molar-refractivity contribution is 6.36. The normalized spacial score (nSPS) is 13.5. The van der Waals surface area contributed by atoms with E-state index in [4.69, 9.17) is 9.47 Å². The van der Waals surface area contributed by atoms with Crippen molar-refractivity contribution in [1.82, 2.24) is 4.90 Å². The number of hydrogen-bond donors (Lipinski definition) is 1. The zero-order valence-corrected chi connectivity index (χ0v) is 19.8. The molecule has 0 aromatic heterocycles. The Balaban J connectivity index is 1.59. The summed E-state index contributed by atoms with van der Waals surface area (Å²) in [5.74, 6) is 0.645. The highest BCUT2D eigenvalue weighted by atomic mass is 16.5. The Morgan fingerprint density at radius 3 is 2.18 bits per heavy atom. The number of nitrogens with zero attached hydrogens (tertiary/aromatic N) is 1. The Hall–Kier alpha value is -4.06. The second kappa shape index (κ2) is 9.83. The smallest absolute Gasteiger partial charge is 0.278 e. The molecule has 0 spiro atoms. The Labute approximate surface area is 199 Å². The van der Waals surface area contributed by atoms with Crippen molar-refractivity contribution in [3.05, 3.63) is 94.7 Å². The summed E-state index contributed by atoms with van der Waals surface area (Å²) in [5, 5.41) is 3.16. The van der Waals surface area contributed by atoms with Gasteiger partial charge in [-0.1, -0.05) is 42.0 Å². The van der Waals surface area contributed by atoms with Gasteiger partial charge in [0.25, 0.3) is 11.8 Å². The minimum absolute atomic E-state index is 0.142. The zero-order chi connectivity index (χ0) is 24.2. The van der Waals surface area contributed by atoms with Crippen molar-refractivity contribution in [2.24, 2.45) is 0 Å². The van der Waals surface area contributed by atoms with Gasteiger partial charge in [0.2, 0.25) is 0 Å². The van der Waals surface area contributed by atoms with Gasteiger partial charge in [0.05, 0.1) is 19.2 Å². The Bertz CT molecular complexity index is 1240. The third-order valence-corrected chi connectivity index (χ3v) is 5.63. The van der Waals surface area contributed by atoms with Gasteiger partial charge in [-0.05, 0) is 61.7 Å². The molecule has 0 bridgehead atoms. The largest absolute Gasteiger partial charge is 0.497 e. The topological polar surface area (TPSA) is 67.9 Å². The summed E-state index contributed by atoms with van der Waals surface area (Å²) < 4.78 is 11.2. The van der Waals surface area contributed by atoms with E-state index in [1.54, 1.807) is 13.2 Å². The number of rotatable bonds is 8. The van der Waals surface area contributed by atoms with Crippen LogP contribution in [0.4, 0.5) is 5.69 Å². The number of carbonyl (C=O) groups is 2. The summed E-state index contributed by atoms with van der Waals surface area (Å²) in [6, 6.07) is 20.8. The summed E-state index contributed by atoms with van der Waals surface area (Å²) >= 11 is 0. The van der Waals surface area contributed by atoms with Gasteiger partial charge in [0.15, 0.2) is 0 Å². The first-order valence-corrected chi connectivity index (χ1v) is 11.2. The third-order valence-electron chi connectivity index (χ3n) is 5.63. The lowest BCUT2D eigenvalue weighted by molar-refractivity contribution is -0.137. The molecule has 6 nitrogen and oxygen atoms in total. The van der Waals surface area contributed by atoms with Gasteiger partial charge in [0, 0.05) is 11.8 Å². The number of imide groups is 1. The van der Waals surface area contributed by atoms with Crippen molar-refractivity contribution in [2.45, 2.75) is 20.8 Å². The molecule has 0 radical (unpaired) electrons. The Morgan fingerprint density at radius 1 is 0.794 bits per heavy atom. The maximum atomic E-state index is 13.4. The van der Waals surface area contributed by atoms with Crippen molar-refractivity contribution in [3.63, 3.8) is 0 Å². The monoisotopic (exact) mass is 456 g/mol. The van der Waals surface area contributed by atoms with E-state index in [2.05, 4.69) is 11.4 Å². The molecule has 2 amide bonds. The van der Waals surface area contributed by atoms with Gasteiger partial charge in [0.1, 0.15) is 23.8 Å². The van der Waals surface area contributed by atoms with E-state index in [-0.39, 0.29) is 30.7 Å². The molecule has 6 heteroatoms. The Morgan fingerprint density at radius 2 is 1.50 bits per heavy atom. The molecule has 1 aliphatic heterocycles. The number of anilines is 1. The number of methoxy groups -OCH3 is 1. The third kappa shape index (κ3) is 4.96. The maximum Gasteiger partial charge on any atom is 0.278 e. The molecule has 0 unspecified atom stereocenters. The first-order valence-electron chi connectivity index (χ1n) is 11.2. The molecule has 1 N–H and O–H groups in total. The van der Waals surface area contributed by atoms with Crippen LogP contribution in [0.25, 0.3) is 5.57 Å². The van der Waals surface area contributed by atoms with Crippen LogP contribution in [0.15, 0.2) is 72.4 Å². The van der Waals surface area contributed by atoms with Gasteiger partial charge >= 0.3 is 0 Å². The molecule has 0 aliphatic carbocycles. The molecule has 0 atom stereocenters. The van der Waals surface area contributed by atoms with E-state index in [1.165, 1.54) is 4.90 Å². The van der Waals surface area contributed by atoms with Crippen LogP contribution in [0.2, 0.25) is 0 Å². The molecule has 0 fully saturated rings. The predicted octanol–water partition coefficient (Wildman–Crippen LogP) is 4.89. The SMILES string of the molecule is COc1cccc(NC2=C(c3ccc(C)cc3)C(=O)N(CCOc3cc(C)cc(C)c3)C2=O)c1. The standard InChI is InChI=1S/C28H28N2O4/c1-18-8-10-21(11-9-18)25-26(29-22-6-5-7-23(17-22)33-4)28(32)30(27(25)31)12-13-34-24-15-19(2)14-20(3)16-24/h5-11,14-17,29H,12-13H2,1-4H3. The van der Waals surface area contributed by atoms with E-state index < -0.39 is 0 Å². The van der Waals surface area contributed by atoms with E-state index in [0.717, 1.165) is 22.4 Å². The fourth-order valence-corrected chi connectivity index (χ4v) is 4.00. The van der Waals surface area contributed by atoms with Gasteiger partial charge in [-0.15, -0.1) is 0 Å². The van der Waals surface area contributed by atoms with Crippen LogP contribution >= 0.6 is 0 Å². The van der Waals surface area contributed by atoms with Gasteiger partial charge in [-0.2, -0.15) is 0 Å². The van der Waals surface area contributed by atoms with Crippen molar-refractivity contribution in [2.75, 3.05) is 25.6 Å². The van der Waals surface area contributed by atoms with E-state index >= 15 is 0 Å². The summed E-state index contributed by atoms with van der Waals surface area (Å²) in [6.45, 7) is 6.33. The lowest BCUT2D eigenvalue weighted by Crippen LogP contribution is -2.36. The zero-order valence-electron chi connectivity index (χ0n) is 19.8. The van der Waals surface area contributed by atoms with Crippen molar-refractivity contribution in [1.29, 1.82) is 0 Å². The van der Waals surface area contributed by atoms with Crippen LogP contribution in [0.1, 0.15) is 22.3 Å². The van der Waals surface area contributed by atoms with Crippen molar-refractivity contribution < 1.29 is 19.1 Å². The maximum absolute atomic E-state index is 13.4.